The third-order valence-corrected chi connectivity index (χ3v) is 3.70. The van der Waals surface area contributed by atoms with E-state index in [2.05, 4.69) is 36.2 Å². The van der Waals surface area contributed by atoms with Gasteiger partial charge in [0.15, 0.2) is 11.5 Å². The average molecular weight is 280 g/mol. The van der Waals surface area contributed by atoms with E-state index in [1.807, 2.05) is 24.3 Å². The van der Waals surface area contributed by atoms with E-state index in [0.29, 0.717) is 6.42 Å². The predicted molar refractivity (Wildman–Crippen MR) is 85.2 cm³/mol. The van der Waals surface area contributed by atoms with Crippen molar-refractivity contribution in [3.63, 3.8) is 0 Å². The fraction of sp³-hybridized carbons (Fsp3) is 0.278. The monoisotopic (exact) mass is 280 g/mol. The minimum absolute atomic E-state index is 0.0689. The number of nitrogens with two attached hydrogens (primary N) is 1. The van der Waals surface area contributed by atoms with Crippen LogP contribution in [0.25, 0.3) is 11.1 Å². The van der Waals surface area contributed by atoms with Crippen LogP contribution >= 0.6 is 0 Å². The van der Waals surface area contributed by atoms with E-state index in [1.165, 1.54) is 11.1 Å². The van der Waals surface area contributed by atoms with Crippen LogP contribution in [-0.2, 0) is 12.8 Å². The molecule has 3 heteroatoms. The number of benzene rings is 2. The summed E-state index contributed by atoms with van der Waals surface area (Å²) < 4.78 is 5.72. The molecule has 21 heavy (non-hydrogen) atoms. The molecule has 1 unspecified atom stereocenters. The van der Waals surface area contributed by atoms with Crippen LogP contribution in [0.3, 0.4) is 0 Å². The van der Waals surface area contributed by atoms with Crippen molar-refractivity contribution in [3.05, 3.63) is 65.5 Å². The Hall–Kier alpha value is -2.13. The van der Waals surface area contributed by atoms with Gasteiger partial charge < -0.3 is 10.2 Å². The Morgan fingerprint density at radius 1 is 1.10 bits per heavy atom. The van der Waals surface area contributed by atoms with Crippen LogP contribution < -0.4 is 5.73 Å². The zero-order chi connectivity index (χ0) is 14.7. The number of fused-ring (bicyclic) bond motifs is 1. The molecule has 1 atom stereocenters. The van der Waals surface area contributed by atoms with Gasteiger partial charge in [-0.15, -0.1) is 0 Å². The molecule has 0 saturated heterocycles. The maximum atomic E-state index is 6.21. The van der Waals surface area contributed by atoms with Gasteiger partial charge in [0.1, 0.15) is 5.52 Å². The molecule has 1 heterocycles. The Morgan fingerprint density at radius 3 is 2.62 bits per heavy atom. The molecule has 1 aromatic heterocycles. The summed E-state index contributed by atoms with van der Waals surface area (Å²) in [6.07, 6.45) is 2.60. The topological polar surface area (TPSA) is 52.0 Å². The summed E-state index contributed by atoms with van der Waals surface area (Å²) in [6.45, 7) is 2.10. The van der Waals surface area contributed by atoms with Gasteiger partial charge in [-0.05, 0) is 37.5 Å². The fourth-order valence-corrected chi connectivity index (χ4v) is 2.44. The molecule has 0 aliphatic carbocycles. The maximum Gasteiger partial charge on any atom is 0.197 e. The van der Waals surface area contributed by atoms with E-state index in [0.717, 1.165) is 29.8 Å². The highest BCUT2D eigenvalue weighted by molar-refractivity contribution is 5.72. The molecule has 3 nitrogen and oxygen atoms in total. The molecule has 108 valence electrons. The summed E-state index contributed by atoms with van der Waals surface area (Å²) >= 11 is 0. The lowest BCUT2D eigenvalue weighted by molar-refractivity contribution is 0.484. The maximum absolute atomic E-state index is 6.21. The number of para-hydroxylation sites is 2. The van der Waals surface area contributed by atoms with Crippen molar-refractivity contribution >= 4 is 11.1 Å². The van der Waals surface area contributed by atoms with Gasteiger partial charge in [0.25, 0.3) is 0 Å². The first kappa shape index (κ1) is 13.8. The first-order valence-corrected chi connectivity index (χ1v) is 7.36. The Labute approximate surface area is 124 Å². The van der Waals surface area contributed by atoms with Gasteiger partial charge in [-0.3, -0.25) is 0 Å². The third kappa shape index (κ3) is 3.50. The number of hydrogen-bond donors (Lipinski definition) is 1. The van der Waals surface area contributed by atoms with E-state index in [9.17, 15) is 0 Å². The summed E-state index contributed by atoms with van der Waals surface area (Å²) in [4.78, 5) is 4.47. The summed E-state index contributed by atoms with van der Waals surface area (Å²) in [7, 11) is 0. The molecule has 0 fully saturated rings. The van der Waals surface area contributed by atoms with Crippen molar-refractivity contribution in [2.75, 3.05) is 0 Å². The minimum atomic E-state index is 0.0689. The van der Waals surface area contributed by atoms with Crippen molar-refractivity contribution < 1.29 is 4.42 Å². The zero-order valence-electron chi connectivity index (χ0n) is 12.3. The number of hydrogen-bond acceptors (Lipinski definition) is 3. The van der Waals surface area contributed by atoms with Gasteiger partial charge in [-0.1, -0.05) is 42.0 Å². The predicted octanol–water partition coefficient (Wildman–Crippen LogP) is 3.64. The van der Waals surface area contributed by atoms with Crippen LogP contribution in [0.2, 0.25) is 0 Å². The lowest BCUT2D eigenvalue weighted by Gasteiger charge is -2.09. The molecule has 0 aliphatic rings. The molecule has 0 saturated carbocycles. The number of oxazole rings is 1. The van der Waals surface area contributed by atoms with Crippen LogP contribution in [-0.4, -0.2) is 11.0 Å². The molecule has 0 spiro atoms. The summed E-state index contributed by atoms with van der Waals surface area (Å²) in [5.74, 6) is 0.729. The van der Waals surface area contributed by atoms with Crippen LogP contribution in [0, 0.1) is 6.92 Å². The Morgan fingerprint density at radius 2 is 1.86 bits per heavy atom. The molecule has 0 radical (unpaired) electrons. The Bertz CT molecular complexity index is 682. The number of nitrogens with zero attached hydrogens (tertiary/aromatic N) is 1. The largest absolute Gasteiger partial charge is 0.441 e. The smallest absolute Gasteiger partial charge is 0.197 e. The second-order valence-corrected chi connectivity index (χ2v) is 5.56. The third-order valence-electron chi connectivity index (χ3n) is 3.70. The lowest BCUT2D eigenvalue weighted by atomic mass is 10.0. The molecule has 0 amide bonds. The summed E-state index contributed by atoms with van der Waals surface area (Å²) in [6, 6.07) is 16.5. The molecule has 3 rings (SSSR count). The molecular formula is C18H20N2O. The van der Waals surface area contributed by atoms with Crippen molar-refractivity contribution in [1.82, 2.24) is 4.98 Å². The van der Waals surface area contributed by atoms with Crippen LogP contribution in [0.5, 0.6) is 0 Å². The quantitative estimate of drug-likeness (QED) is 0.776. The average Bonchev–Trinajstić information content (AvgIpc) is 2.88. The highest BCUT2D eigenvalue weighted by Crippen LogP contribution is 2.16. The van der Waals surface area contributed by atoms with E-state index in [4.69, 9.17) is 10.2 Å². The molecule has 3 aromatic rings. The highest BCUT2D eigenvalue weighted by Gasteiger charge is 2.10. The van der Waals surface area contributed by atoms with E-state index < -0.39 is 0 Å². The molecule has 0 bridgehead atoms. The fourth-order valence-electron chi connectivity index (χ4n) is 2.44. The number of aryl methyl sites for hydroxylation is 2. The van der Waals surface area contributed by atoms with Gasteiger partial charge in [0.2, 0.25) is 0 Å². The minimum Gasteiger partial charge on any atom is -0.441 e. The van der Waals surface area contributed by atoms with E-state index >= 15 is 0 Å². The SMILES string of the molecule is Cc1ccc(CCC(N)Cc2nc3ccccc3o2)cc1. The second kappa shape index (κ2) is 6.10. The second-order valence-electron chi connectivity index (χ2n) is 5.56. The van der Waals surface area contributed by atoms with Crippen LogP contribution in [0.1, 0.15) is 23.4 Å². The van der Waals surface area contributed by atoms with Crippen molar-refractivity contribution in [2.45, 2.75) is 32.2 Å². The van der Waals surface area contributed by atoms with Crippen molar-refractivity contribution in [2.24, 2.45) is 5.73 Å². The van der Waals surface area contributed by atoms with Crippen LogP contribution in [0.15, 0.2) is 52.9 Å². The van der Waals surface area contributed by atoms with Crippen molar-refractivity contribution in [1.29, 1.82) is 0 Å². The van der Waals surface area contributed by atoms with Gasteiger partial charge in [-0.2, -0.15) is 0 Å². The lowest BCUT2D eigenvalue weighted by Crippen LogP contribution is -2.23. The standard InChI is InChI=1S/C18H20N2O/c1-13-6-8-14(9-7-13)10-11-15(19)12-18-20-16-4-2-3-5-17(16)21-18/h2-9,15H,10-12,19H2,1H3. The van der Waals surface area contributed by atoms with Gasteiger partial charge in [-0.25, -0.2) is 4.98 Å². The van der Waals surface area contributed by atoms with E-state index in [-0.39, 0.29) is 6.04 Å². The van der Waals surface area contributed by atoms with Crippen molar-refractivity contribution in [3.8, 4) is 0 Å². The van der Waals surface area contributed by atoms with Gasteiger partial charge in [0.05, 0.1) is 0 Å². The Kier molecular flexibility index (Phi) is 4.02. The van der Waals surface area contributed by atoms with E-state index in [1.54, 1.807) is 0 Å². The number of rotatable bonds is 5. The molecule has 2 N–H and O–H groups in total. The molecular weight excluding hydrogens is 260 g/mol. The normalized spacial score (nSPS) is 12.7. The first-order valence-electron chi connectivity index (χ1n) is 7.36. The summed E-state index contributed by atoms with van der Waals surface area (Å²) in [5.41, 5.74) is 10.6. The highest BCUT2D eigenvalue weighted by atomic mass is 16.3. The Balaban J connectivity index is 1.58. The summed E-state index contributed by atoms with van der Waals surface area (Å²) in [5, 5.41) is 0. The van der Waals surface area contributed by atoms with Gasteiger partial charge in [0, 0.05) is 12.5 Å². The first-order chi connectivity index (χ1) is 10.2. The number of aromatic nitrogens is 1. The zero-order valence-corrected chi connectivity index (χ0v) is 12.3. The van der Waals surface area contributed by atoms with Gasteiger partial charge >= 0.3 is 0 Å². The molecule has 0 aliphatic heterocycles. The molecule has 2 aromatic carbocycles. The van der Waals surface area contributed by atoms with Crippen LogP contribution in [0.4, 0.5) is 0 Å².